The van der Waals surface area contributed by atoms with Gasteiger partial charge in [-0.2, -0.15) is 0 Å². The topological polar surface area (TPSA) is 59.8 Å². The normalized spacial score (nSPS) is 16.0. The number of benzene rings is 1. The van der Waals surface area contributed by atoms with Gasteiger partial charge in [-0.1, -0.05) is 83.0 Å². The predicted octanol–water partition coefficient (Wildman–Crippen LogP) is 5.75. The van der Waals surface area contributed by atoms with Gasteiger partial charge >= 0.3 is 0 Å². The molecule has 1 aromatic carbocycles. The molecule has 0 aliphatic heterocycles. The molecule has 0 radical (unpaired) electrons. The largest absolute Gasteiger partial charge is 0.353 e. The number of nitrogens with one attached hydrogen (secondary N) is 1. The Kier molecular flexibility index (Phi) is 7.61. The van der Waals surface area contributed by atoms with Crippen molar-refractivity contribution in [2.45, 2.75) is 95.8 Å². The number of aromatic nitrogens is 3. The van der Waals surface area contributed by atoms with Gasteiger partial charge < -0.3 is 5.32 Å². The van der Waals surface area contributed by atoms with E-state index in [9.17, 15) is 4.79 Å². The minimum absolute atomic E-state index is 0.0676. The van der Waals surface area contributed by atoms with Gasteiger partial charge in [-0.05, 0) is 37.2 Å². The van der Waals surface area contributed by atoms with E-state index in [0.29, 0.717) is 11.8 Å². The second-order valence-electron chi connectivity index (χ2n) is 9.49. The molecule has 1 saturated carbocycles. The molecule has 0 saturated heterocycles. The predicted molar refractivity (Wildman–Crippen MR) is 125 cm³/mol. The zero-order valence-corrected chi connectivity index (χ0v) is 19.9. The Balaban J connectivity index is 1.80. The number of nitrogens with zero attached hydrogens (tertiary/aromatic N) is 3. The van der Waals surface area contributed by atoms with E-state index in [2.05, 4.69) is 79.0 Å². The lowest BCUT2D eigenvalue weighted by Gasteiger charge is -2.20. The molecule has 1 fully saturated rings. The molecule has 30 heavy (non-hydrogen) atoms. The van der Waals surface area contributed by atoms with Gasteiger partial charge in [-0.3, -0.25) is 9.36 Å². The molecule has 2 aromatic rings. The van der Waals surface area contributed by atoms with E-state index in [4.69, 9.17) is 0 Å². The second-order valence-corrected chi connectivity index (χ2v) is 10.4. The fraction of sp³-hybridized carbons (Fsp3) is 0.625. The Labute approximate surface area is 185 Å². The molecule has 1 aliphatic carbocycles. The minimum atomic E-state index is 0.0676. The molecule has 1 unspecified atom stereocenters. The molecule has 1 N–H and O–H groups in total. The van der Waals surface area contributed by atoms with Crippen LogP contribution in [0.2, 0.25) is 0 Å². The summed E-state index contributed by atoms with van der Waals surface area (Å²) in [4.78, 5) is 12.4. The summed E-state index contributed by atoms with van der Waals surface area (Å²) < 4.78 is 2.28. The number of amides is 1. The summed E-state index contributed by atoms with van der Waals surface area (Å²) in [5.74, 6) is 1.37. The van der Waals surface area contributed by atoms with E-state index in [1.807, 2.05) is 0 Å². The summed E-state index contributed by atoms with van der Waals surface area (Å²) in [5, 5.41) is 13.0. The van der Waals surface area contributed by atoms with Crippen molar-refractivity contribution in [1.82, 2.24) is 20.1 Å². The first kappa shape index (κ1) is 22.9. The average molecular weight is 429 g/mol. The summed E-state index contributed by atoms with van der Waals surface area (Å²) in [6, 6.07) is 9.33. The smallest absolute Gasteiger partial charge is 0.230 e. The molecule has 1 aromatic heterocycles. The lowest BCUT2D eigenvalue weighted by molar-refractivity contribution is -0.119. The number of hydrogen-bond acceptors (Lipinski definition) is 4. The molecule has 164 valence electrons. The molecular weight excluding hydrogens is 392 g/mol. The summed E-state index contributed by atoms with van der Waals surface area (Å²) in [6.45, 7) is 10.9. The van der Waals surface area contributed by atoms with Crippen LogP contribution in [0.4, 0.5) is 0 Å². The van der Waals surface area contributed by atoms with Gasteiger partial charge in [0.05, 0.1) is 5.75 Å². The Morgan fingerprint density at radius 1 is 1.20 bits per heavy atom. The standard InChI is InChI=1S/C24H36N4OS/c1-6-9-17(2)25-21(29)16-30-23-27-26-22(28(23)20-10-7-8-11-20)18-12-14-19(15-13-18)24(3,4)5/h12-15,17,20H,6-11,16H2,1-5H3,(H,25,29). The lowest BCUT2D eigenvalue weighted by Crippen LogP contribution is -2.33. The van der Waals surface area contributed by atoms with Gasteiger partial charge in [-0.25, -0.2) is 0 Å². The highest BCUT2D eigenvalue weighted by Gasteiger charge is 2.25. The number of thioether (sulfide) groups is 1. The summed E-state index contributed by atoms with van der Waals surface area (Å²) in [6.07, 6.45) is 6.86. The van der Waals surface area contributed by atoms with Gasteiger partial charge in [0.1, 0.15) is 0 Å². The van der Waals surface area contributed by atoms with Crippen LogP contribution in [0.15, 0.2) is 29.4 Å². The number of rotatable bonds is 8. The third-order valence-electron chi connectivity index (χ3n) is 5.82. The van der Waals surface area contributed by atoms with Crippen LogP contribution >= 0.6 is 11.8 Å². The van der Waals surface area contributed by atoms with Crippen LogP contribution in [0, 0.1) is 0 Å². The van der Waals surface area contributed by atoms with Crippen LogP contribution < -0.4 is 5.32 Å². The molecular formula is C24H36N4OS. The van der Waals surface area contributed by atoms with E-state index in [-0.39, 0.29) is 17.4 Å². The monoisotopic (exact) mass is 428 g/mol. The maximum Gasteiger partial charge on any atom is 0.230 e. The molecule has 1 amide bonds. The third-order valence-corrected chi connectivity index (χ3v) is 6.77. The highest BCUT2D eigenvalue weighted by Crippen LogP contribution is 2.37. The number of hydrogen-bond donors (Lipinski definition) is 1. The third kappa shape index (κ3) is 5.65. The maximum atomic E-state index is 12.4. The maximum absolute atomic E-state index is 12.4. The first-order valence-electron chi connectivity index (χ1n) is 11.3. The van der Waals surface area contributed by atoms with Crippen LogP contribution in [-0.4, -0.2) is 32.5 Å². The van der Waals surface area contributed by atoms with Gasteiger partial charge in [0, 0.05) is 17.6 Å². The van der Waals surface area contributed by atoms with Crippen molar-refractivity contribution in [2.75, 3.05) is 5.75 Å². The fourth-order valence-corrected chi connectivity index (χ4v) is 4.95. The molecule has 0 bridgehead atoms. The molecule has 1 aliphatic rings. The highest BCUT2D eigenvalue weighted by atomic mass is 32.2. The Morgan fingerprint density at radius 3 is 2.47 bits per heavy atom. The van der Waals surface area contributed by atoms with E-state index < -0.39 is 0 Å². The van der Waals surface area contributed by atoms with Crippen molar-refractivity contribution >= 4 is 17.7 Å². The van der Waals surface area contributed by atoms with Gasteiger partial charge in [0.2, 0.25) is 5.91 Å². The minimum Gasteiger partial charge on any atom is -0.353 e. The summed E-state index contributed by atoms with van der Waals surface area (Å²) in [5.41, 5.74) is 2.53. The number of carbonyl (C=O) groups excluding carboxylic acids is 1. The van der Waals surface area contributed by atoms with E-state index in [1.165, 1.54) is 30.2 Å². The highest BCUT2D eigenvalue weighted by molar-refractivity contribution is 7.99. The summed E-state index contributed by atoms with van der Waals surface area (Å²) in [7, 11) is 0. The molecule has 1 heterocycles. The lowest BCUT2D eigenvalue weighted by atomic mass is 9.86. The molecule has 3 rings (SSSR count). The SMILES string of the molecule is CCCC(C)NC(=O)CSc1nnc(-c2ccc(C(C)(C)C)cc2)n1C1CCCC1. The Hall–Kier alpha value is -1.82. The van der Waals surface area contributed by atoms with Crippen LogP contribution in [0.5, 0.6) is 0 Å². The van der Waals surface area contributed by atoms with E-state index in [0.717, 1.165) is 42.2 Å². The van der Waals surface area contributed by atoms with E-state index in [1.54, 1.807) is 0 Å². The van der Waals surface area contributed by atoms with Crippen LogP contribution in [-0.2, 0) is 10.2 Å². The van der Waals surface area contributed by atoms with Gasteiger partial charge in [0.25, 0.3) is 0 Å². The van der Waals surface area contributed by atoms with Crippen molar-refractivity contribution in [2.24, 2.45) is 0 Å². The Morgan fingerprint density at radius 2 is 1.87 bits per heavy atom. The average Bonchev–Trinajstić information content (AvgIpc) is 3.35. The van der Waals surface area contributed by atoms with E-state index >= 15 is 0 Å². The van der Waals surface area contributed by atoms with Crippen molar-refractivity contribution in [3.63, 3.8) is 0 Å². The molecule has 1 atom stereocenters. The molecule has 0 spiro atoms. The molecule has 5 nitrogen and oxygen atoms in total. The van der Waals surface area contributed by atoms with Crippen molar-refractivity contribution in [1.29, 1.82) is 0 Å². The first-order chi connectivity index (χ1) is 14.3. The second kappa shape index (κ2) is 9.99. The van der Waals surface area contributed by atoms with Gasteiger partial charge in [-0.15, -0.1) is 10.2 Å². The van der Waals surface area contributed by atoms with Crippen LogP contribution in [0.1, 0.15) is 84.7 Å². The quantitative estimate of drug-likeness (QED) is 0.544. The van der Waals surface area contributed by atoms with Gasteiger partial charge in [0.15, 0.2) is 11.0 Å². The van der Waals surface area contributed by atoms with Crippen LogP contribution in [0.25, 0.3) is 11.4 Å². The van der Waals surface area contributed by atoms with Crippen molar-refractivity contribution in [3.8, 4) is 11.4 Å². The zero-order valence-electron chi connectivity index (χ0n) is 19.1. The number of carbonyl (C=O) groups is 1. The zero-order chi connectivity index (χ0) is 21.7. The van der Waals surface area contributed by atoms with Crippen molar-refractivity contribution < 1.29 is 4.79 Å². The Bertz CT molecular complexity index is 832. The first-order valence-corrected chi connectivity index (χ1v) is 12.3. The van der Waals surface area contributed by atoms with Crippen LogP contribution in [0.3, 0.4) is 0 Å². The van der Waals surface area contributed by atoms with Crippen molar-refractivity contribution in [3.05, 3.63) is 29.8 Å². The molecule has 6 heteroatoms. The summed E-state index contributed by atoms with van der Waals surface area (Å²) >= 11 is 1.50. The fourth-order valence-electron chi connectivity index (χ4n) is 4.13.